The number of halogens is 2. The van der Waals surface area contributed by atoms with Crippen molar-refractivity contribution in [3.05, 3.63) is 29.6 Å². The average Bonchev–Trinajstić information content (AvgIpc) is 2.91. The van der Waals surface area contributed by atoms with E-state index in [2.05, 4.69) is 16.5 Å². The largest absolute Gasteiger partial charge is 0.478 e. The molecule has 6 heteroatoms. The quantitative estimate of drug-likeness (QED) is 0.806. The van der Waals surface area contributed by atoms with Crippen molar-refractivity contribution in [2.75, 3.05) is 0 Å². The molecule has 3 rings (SSSR count). The molecule has 1 aromatic carbocycles. The Labute approximate surface area is 145 Å². The highest BCUT2D eigenvalue weighted by Crippen LogP contribution is 2.37. The first-order chi connectivity index (χ1) is 11.9. The zero-order chi connectivity index (χ0) is 18.0. The van der Waals surface area contributed by atoms with Gasteiger partial charge in [-0.25, -0.2) is 18.6 Å². The lowest BCUT2D eigenvalue weighted by Gasteiger charge is -2.29. The summed E-state index contributed by atoms with van der Waals surface area (Å²) >= 11 is 0. The van der Waals surface area contributed by atoms with Crippen molar-refractivity contribution < 1.29 is 18.7 Å². The highest BCUT2D eigenvalue weighted by atomic mass is 19.3. The first-order valence-electron chi connectivity index (χ1n) is 9.00. The number of imidazole rings is 1. The lowest BCUT2D eigenvalue weighted by atomic mass is 9.86. The smallest absolute Gasteiger partial charge is 0.335 e. The summed E-state index contributed by atoms with van der Waals surface area (Å²) in [6, 6.07) is 4.97. The van der Waals surface area contributed by atoms with Gasteiger partial charge in [-0.3, -0.25) is 0 Å². The lowest BCUT2D eigenvalue weighted by Crippen LogP contribution is -2.27. The third-order valence-corrected chi connectivity index (χ3v) is 5.11. The molecule has 0 unspecified atom stereocenters. The van der Waals surface area contributed by atoms with E-state index in [0.717, 1.165) is 30.6 Å². The Kier molecular flexibility index (Phi) is 5.06. The van der Waals surface area contributed by atoms with Gasteiger partial charge in [0.15, 0.2) is 0 Å². The molecule has 1 aromatic heterocycles. The molecule has 1 fully saturated rings. The van der Waals surface area contributed by atoms with Gasteiger partial charge < -0.3 is 9.67 Å². The number of fused-ring (bicyclic) bond motifs is 1. The van der Waals surface area contributed by atoms with Crippen LogP contribution in [0, 0.1) is 5.92 Å². The number of unbranched alkanes of at least 4 members (excludes halogenated alkanes) is 1. The fraction of sp³-hybridized carbons (Fsp3) is 0.579. The standard InChI is InChI=1S/C19H24F2N2O2/c1-2-3-4-17-22-15-11-14(18(24)25)5-6-16(15)23(17)12-13-7-9-19(20,21)10-8-13/h5-6,11,13H,2-4,7-10,12H2,1H3,(H,24,25). The van der Waals surface area contributed by atoms with Crippen LogP contribution in [0.1, 0.15) is 61.6 Å². The molecule has 1 heterocycles. The first-order valence-corrected chi connectivity index (χ1v) is 9.00. The van der Waals surface area contributed by atoms with Crippen LogP contribution < -0.4 is 0 Å². The van der Waals surface area contributed by atoms with Crippen LogP contribution in [0.4, 0.5) is 8.78 Å². The number of hydrogen-bond acceptors (Lipinski definition) is 2. The van der Waals surface area contributed by atoms with Crippen LogP contribution in [0.2, 0.25) is 0 Å². The van der Waals surface area contributed by atoms with Gasteiger partial charge in [-0.15, -0.1) is 0 Å². The van der Waals surface area contributed by atoms with E-state index in [0.29, 0.717) is 24.9 Å². The van der Waals surface area contributed by atoms with Gasteiger partial charge in [-0.05, 0) is 43.4 Å². The van der Waals surface area contributed by atoms with E-state index in [-0.39, 0.29) is 24.3 Å². The number of aromatic nitrogens is 2. The maximum Gasteiger partial charge on any atom is 0.335 e. The molecule has 1 aliphatic rings. The third kappa shape index (κ3) is 3.99. The van der Waals surface area contributed by atoms with Crippen LogP contribution in [0.15, 0.2) is 18.2 Å². The number of carboxylic acid groups (broad SMARTS) is 1. The van der Waals surface area contributed by atoms with E-state index in [4.69, 9.17) is 5.11 Å². The van der Waals surface area contributed by atoms with Crippen LogP contribution in [0.5, 0.6) is 0 Å². The summed E-state index contributed by atoms with van der Waals surface area (Å²) in [5.41, 5.74) is 1.79. The van der Waals surface area contributed by atoms with Crippen molar-refractivity contribution in [3.63, 3.8) is 0 Å². The molecular formula is C19H24F2N2O2. The predicted octanol–water partition coefficient (Wildman–Crippen LogP) is 4.90. The highest BCUT2D eigenvalue weighted by molar-refractivity contribution is 5.92. The minimum absolute atomic E-state index is 0.0439. The second-order valence-electron chi connectivity index (χ2n) is 7.05. The summed E-state index contributed by atoms with van der Waals surface area (Å²) in [5, 5.41) is 9.17. The maximum absolute atomic E-state index is 13.4. The molecule has 136 valence electrons. The molecule has 0 atom stereocenters. The van der Waals surface area contributed by atoms with Gasteiger partial charge in [0.05, 0.1) is 16.6 Å². The van der Waals surface area contributed by atoms with E-state index in [9.17, 15) is 13.6 Å². The number of hydrogen-bond donors (Lipinski definition) is 1. The van der Waals surface area contributed by atoms with Crippen LogP contribution >= 0.6 is 0 Å². The Morgan fingerprint density at radius 1 is 1.36 bits per heavy atom. The zero-order valence-electron chi connectivity index (χ0n) is 14.5. The Bertz CT molecular complexity index is 760. The van der Waals surface area contributed by atoms with E-state index < -0.39 is 11.9 Å². The molecule has 0 spiro atoms. The number of alkyl halides is 2. The predicted molar refractivity (Wildman–Crippen MR) is 92.2 cm³/mol. The summed E-state index contributed by atoms with van der Waals surface area (Å²) in [5.74, 6) is -2.34. The molecule has 0 saturated heterocycles. The SMILES string of the molecule is CCCCc1nc2cc(C(=O)O)ccc2n1CC1CCC(F)(F)CC1. The molecule has 0 radical (unpaired) electrons. The second kappa shape index (κ2) is 7.10. The number of nitrogens with zero attached hydrogens (tertiary/aromatic N) is 2. The maximum atomic E-state index is 13.4. The van der Waals surface area contributed by atoms with Crippen molar-refractivity contribution >= 4 is 17.0 Å². The van der Waals surface area contributed by atoms with Gasteiger partial charge in [0.2, 0.25) is 5.92 Å². The number of aryl methyl sites for hydroxylation is 1. The van der Waals surface area contributed by atoms with E-state index in [1.54, 1.807) is 18.2 Å². The highest BCUT2D eigenvalue weighted by Gasteiger charge is 2.35. The summed E-state index contributed by atoms with van der Waals surface area (Å²) < 4.78 is 28.9. The van der Waals surface area contributed by atoms with Crippen molar-refractivity contribution in [1.82, 2.24) is 9.55 Å². The summed E-state index contributed by atoms with van der Waals surface area (Å²) in [4.78, 5) is 15.8. The van der Waals surface area contributed by atoms with Crippen molar-refractivity contribution in [2.45, 2.75) is 64.3 Å². The molecule has 1 aliphatic carbocycles. The summed E-state index contributed by atoms with van der Waals surface area (Å²) in [6.07, 6.45) is 3.81. The van der Waals surface area contributed by atoms with Gasteiger partial charge in [-0.1, -0.05) is 13.3 Å². The van der Waals surface area contributed by atoms with E-state index in [1.165, 1.54) is 0 Å². The Morgan fingerprint density at radius 2 is 2.08 bits per heavy atom. The summed E-state index contributed by atoms with van der Waals surface area (Å²) in [6.45, 7) is 2.79. The van der Waals surface area contributed by atoms with Crippen LogP contribution in [0.3, 0.4) is 0 Å². The third-order valence-electron chi connectivity index (χ3n) is 5.11. The molecule has 0 amide bonds. The van der Waals surface area contributed by atoms with E-state index >= 15 is 0 Å². The number of carboxylic acids is 1. The Hall–Kier alpha value is -1.98. The Balaban J connectivity index is 1.89. The molecule has 2 aromatic rings. The monoisotopic (exact) mass is 350 g/mol. The number of carbonyl (C=O) groups is 1. The van der Waals surface area contributed by atoms with Crippen molar-refractivity contribution in [2.24, 2.45) is 5.92 Å². The molecule has 1 saturated carbocycles. The molecule has 0 bridgehead atoms. The van der Waals surface area contributed by atoms with Gasteiger partial charge in [-0.2, -0.15) is 0 Å². The first kappa shape index (κ1) is 17.8. The minimum atomic E-state index is -2.52. The van der Waals surface area contributed by atoms with Crippen LogP contribution in [-0.2, 0) is 13.0 Å². The number of aromatic carboxylic acids is 1. The molecule has 0 aliphatic heterocycles. The summed E-state index contributed by atoms with van der Waals surface area (Å²) in [7, 11) is 0. The van der Waals surface area contributed by atoms with E-state index in [1.807, 2.05) is 0 Å². The van der Waals surface area contributed by atoms with Crippen molar-refractivity contribution in [3.8, 4) is 0 Å². The fourth-order valence-corrected chi connectivity index (χ4v) is 3.58. The van der Waals surface area contributed by atoms with Gasteiger partial charge >= 0.3 is 5.97 Å². The van der Waals surface area contributed by atoms with Crippen molar-refractivity contribution in [1.29, 1.82) is 0 Å². The van der Waals surface area contributed by atoms with Crippen LogP contribution in [0.25, 0.3) is 11.0 Å². The fourth-order valence-electron chi connectivity index (χ4n) is 3.58. The van der Waals surface area contributed by atoms with Gasteiger partial charge in [0, 0.05) is 25.8 Å². The van der Waals surface area contributed by atoms with Gasteiger partial charge in [0.25, 0.3) is 0 Å². The number of benzene rings is 1. The molecule has 4 nitrogen and oxygen atoms in total. The minimum Gasteiger partial charge on any atom is -0.478 e. The lowest BCUT2D eigenvalue weighted by molar-refractivity contribution is -0.0472. The molecule has 1 N–H and O–H groups in total. The second-order valence-corrected chi connectivity index (χ2v) is 7.05. The molecular weight excluding hydrogens is 326 g/mol. The van der Waals surface area contributed by atoms with Crippen LogP contribution in [-0.4, -0.2) is 26.5 Å². The Morgan fingerprint density at radius 3 is 2.72 bits per heavy atom. The topological polar surface area (TPSA) is 55.1 Å². The normalized spacial score (nSPS) is 17.9. The van der Waals surface area contributed by atoms with Gasteiger partial charge in [0.1, 0.15) is 5.82 Å². The zero-order valence-corrected chi connectivity index (χ0v) is 14.5. The number of rotatable bonds is 6. The molecule has 25 heavy (non-hydrogen) atoms. The average molecular weight is 350 g/mol.